The molecule has 0 aliphatic heterocycles. The van der Waals surface area contributed by atoms with Gasteiger partial charge in [-0.2, -0.15) is 0 Å². The third-order valence-corrected chi connectivity index (χ3v) is 6.52. The first kappa shape index (κ1) is 22.8. The fraction of sp³-hybridized carbons (Fsp3) is 0.423. The van der Waals surface area contributed by atoms with Crippen LogP contribution in [-0.2, 0) is 14.3 Å². The van der Waals surface area contributed by atoms with Crippen molar-refractivity contribution >= 4 is 18.0 Å². The van der Waals surface area contributed by atoms with Crippen LogP contribution in [0.4, 0.5) is 4.79 Å². The zero-order valence-electron chi connectivity index (χ0n) is 18.8. The van der Waals surface area contributed by atoms with Crippen LogP contribution in [-0.4, -0.2) is 42.3 Å². The number of carboxylic acids is 1. The number of nitrogens with one attached hydrogen (secondary N) is 2. The Morgan fingerprint density at radius 1 is 1.03 bits per heavy atom. The molecule has 1 fully saturated rings. The molecule has 2 aromatic rings. The quantitative estimate of drug-likeness (QED) is 0.509. The average Bonchev–Trinajstić information content (AvgIpc) is 3.57. The largest absolute Gasteiger partial charge is 0.480 e. The van der Waals surface area contributed by atoms with Crippen LogP contribution in [0.2, 0.25) is 0 Å². The van der Waals surface area contributed by atoms with E-state index in [1.165, 1.54) is 11.1 Å². The third-order valence-electron chi connectivity index (χ3n) is 6.52. The molecule has 2 aromatic carbocycles. The zero-order chi connectivity index (χ0) is 23.4. The first-order valence-electron chi connectivity index (χ1n) is 11.6. The molecule has 0 heterocycles. The van der Waals surface area contributed by atoms with Crippen molar-refractivity contribution in [1.82, 2.24) is 10.6 Å². The van der Waals surface area contributed by atoms with Crippen LogP contribution < -0.4 is 10.6 Å². The van der Waals surface area contributed by atoms with E-state index in [2.05, 4.69) is 34.9 Å². The van der Waals surface area contributed by atoms with E-state index in [4.69, 9.17) is 4.74 Å². The molecule has 0 aromatic heterocycles. The zero-order valence-corrected chi connectivity index (χ0v) is 18.8. The van der Waals surface area contributed by atoms with E-state index in [9.17, 15) is 19.5 Å². The molecule has 0 saturated heterocycles. The summed E-state index contributed by atoms with van der Waals surface area (Å²) in [5.74, 6) is -1.33. The number of fused-ring (bicyclic) bond motifs is 3. The number of carbonyl (C=O) groups is 3. The minimum Gasteiger partial charge on any atom is -0.480 e. The molecule has 7 heteroatoms. The molecule has 1 unspecified atom stereocenters. The molecule has 174 valence electrons. The molecule has 1 saturated carbocycles. The lowest BCUT2D eigenvalue weighted by Gasteiger charge is -2.18. The summed E-state index contributed by atoms with van der Waals surface area (Å²) in [6.07, 6.45) is 2.40. The summed E-state index contributed by atoms with van der Waals surface area (Å²) < 4.78 is 5.50. The van der Waals surface area contributed by atoms with Crippen LogP contribution in [0.3, 0.4) is 0 Å². The highest BCUT2D eigenvalue weighted by Crippen LogP contribution is 2.44. The standard InChI is InChI=1S/C26H30N2O5/c1-16(24(29)28-23(25(30)31)14-17-10-11-17)12-13-27-26(32)33-15-22-20-8-4-2-6-18(20)19-7-3-5-9-21(19)22/h2-9,16-17,22-23H,10-15H2,1H3,(H,27,32)(H,28,29)(H,30,31)/t16?,23-/m0/s1. The molecule has 2 atom stereocenters. The Kier molecular flexibility index (Phi) is 6.96. The van der Waals surface area contributed by atoms with Crippen LogP contribution in [0.25, 0.3) is 11.1 Å². The van der Waals surface area contributed by atoms with Gasteiger partial charge in [0, 0.05) is 18.4 Å². The lowest BCUT2D eigenvalue weighted by atomic mass is 9.98. The second-order valence-corrected chi connectivity index (χ2v) is 9.02. The van der Waals surface area contributed by atoms with Gasteiger partial charge in [0.25, 0.3) is 0 Å². The Morgan fingerprint density at radius 3 is 2.21 bits per heavy atom. The van der Waals surface area contributed by atoms with E-state index in [1.54, 1.807) is 6.92 Å². The van der Waals surface area contributed by atoms with Gasteiger partial charge in [0.05, 0.1) is 0 Å². The molecular weight excluding hydrogens is 420 g/mol. The van der Waals surface area contributed by atoms with Crippen LogP contribution >= 0.6 is 0 Å². The Balaban J connectivity index is 1.22. The predicted molar refractivity (Wildman–Crippen MR) is 124 cm³/mol. The number of aliphatic carboxylic acids is 1. The maximum Gasteiger partial charge on any atom is 0.407 e. The molecule has 0 bridgehead atoms. The highest BCUT2D eigenvalue weighted by Gasteiger charge is 2.31. The second kappa shape index (κ2) is 10.1. The number of hydrogen-bond donors (Lipinski definition) is 3. The monoisotopic (exact) mass is 450 g/mol. The number of rotatable bonds is 10. The number of alkyl carbamates (subject to hydrolysis) is 1. The summed E-state index contributed by atoms with van der Waals surface area (Å²) in [5.41, 5.74) is 4.64. The van der Waals surface area contributed by atoms with Gasteiger partial charge in [-0.1, -0.05) is 68.3 Å². The number of benzene rings is 2. The average molecular weight is 451 g/mol. The van der Waals surface area contributed by atoms with Crippen molar-refractivity contribution in [1.29, 1.82) is 0 Å². The Hall–Kier alpha value is -3.35. The van der Waals surface area contributed by atoms with Gasteiger partial charge >= 0.3 is 12.1 Å². The number of amides is 2. The second-order valence-electron chi connectivity index (χ2n) is 9.02. The lowest BCUT2D eigenvalue weighted by Crippen LogP contribution is -2.44. The molecule has 3 N–H and O–H groups in total. The van der Waals surface area contributed by atoms with Gasteiger partial charge in [-0.3, -0.25) is 4.79 Å². The molecule has 2 aliphatic carbocycles. The summed E-state index contributed by atoms with van der Waals surface area (Å²) in [4.78, 5) is 36.0. The minimum atomic E-state index is -1.00. The SMILES string of the molecule is CC(CCNC(=O)OCC1c2ccccc2-c2ccccc21)C(=O)N[C@@H](CC1CC1)C(=O)O. The van der Waals surface area contributed by atoms with Crippen molar-refractivity contribution in [2.24, 2.45) is 11.8 Å². The molecule has 7 nitrogen and oxygen atoms in total. The predicted octanol–water partition coefficient (Wildman–Crippen LogP) is 3.92. The number of carbonyl (C=O) groups excluding carboxylic acids is 2. The smallest absolute Gasteiger partial charge is 0.407 e. The normalized spacial score (nSPS) is 16.3. The van der Waals surface area contributed by atoms with Crippen molar-refractivity contribution in [2.75, 3.05) is 13.2 Å². The number of ether oxygens (including phenoxy) is 1. The van der Waals surface area contributed by atoms with Gasteiger partial charge in [0.2, 0.25) is 5.91 Å². The molecule has 2 amide bonds. The highest BCUT2D eigenvalue weighted by molar-refractivity contribution is 5.85. The van der Waals surface area contributed by atoms with Crippen LogP contribution in [0.15, 0.2) is 48.5 Å². The van der Waals surface area contributed by atoms with E-state index in [1.807, 2.05) is 24.3 Å². The van der Waals surface area contributed by atoms with Crippen molar-refractivity contribution < 1.29 is 24.2 Å². The summed E-state index contributed by atoms with van der Waals surface area (Å²) in [6.45, 7) is 2.23. The first-order valence-corrected chi connectivity index (χ1v) is 11.6. The summed E-state index contributed by atoms with van der Waals surface area (Å²) in [7, 11) is 0. The lowest BCUT2D eigenvalue weighted by molar-refractivity contribution is -0.142. The summed E-state index contributed by atoms with van der Waals surface area (Å²) in [5, 5.41) is 14.6. The Labute approximate surface area is 193 Å². The van der Waals surface area contributed by atoms with E-state index in [0.717, 1.165) is 24.0 Å². The Morgan fingerprint density at radius 2 is 1.64 bits per heavy atom. The molecule has 2 aliphatic rings. The van der Waals surface area contributed by atoms with Crippen LogP contribution in [0, 0.1) is 11.8 Å². The molecule has 0 spiro atoms. The summed E-state index contributed by atoms with van der Waals surface area (Å²) >= 11 is 0. The molecular formula is C26H30N2O5. The van der Waals surface area contributed by atoms with Crippen molar-refractivity contribution in [3.8, 4) is 11.1 Å². The van der Waals surface area contributed by atoms with Crippen LogP contribution in [0.5, 0.6) is 0 Å². The van der Waals surface area contributed by atoms with Crippen molar-refractivity contribution in [3.05, 3.63) is 59.7 Å². The molecule has 0 radical (unpaired) electrons. The van der Waals surface area contributed by atoms with Gasteiger partial charge in [0.15, 0.2) is 0 Å². The van der Waals surface area contributed by atoms with Crippen molar-refractivity contribution in [2.45, 2.75) is 44.6 Å². The number of carboxylic acid groups (broad SMARTS) is 1. The van der Waals surface area contributed by atoms with Gasteiger partial charge in [-0.15, -0.1) is 0 Å². The topological polar surface area (TPSA) is 105 Å². The maximum atomic E-state index is 12.4. The Bertz CT molecular complexity index is 987. The fourth-order valence-corrected chi connectivity index (χ4v) is 4.39. The molecule has 33 heavy (non-hydrogen) atoms. The van der Waals surface area contributed by atoms with Gasteiger partial charge in [0.1, 0.15) is 12.6 Å². The minimum absolute atomic E-state index is 0.00716. The van der Waals surface area contributed by atoms with E-state index < -0.39 is 24.0 Å². The maximum absolute atomic E-state index is 12.4. The highest BCUT2D eigenvalue weighted by atomic mass is 16.5. The van der Waals surface area contributed by atoms with Gasteiger partial charge in [-0.25, -0.2) is 9.59 Å². The summed E-state index contributed by atoms with van der Waals surface area (Å²) in [6, 6.07) is 15.4. The van der Waals surface area contributed by atoms with Gasteiger partial charge < -0.3 is 20.5 Å². The van der Waals surface area contributed by atoms with Gasteiger partial charge in [-0.05, 0) is 41.0 Å². The number of hydrogen-bond acceptors (Lipinski definition) is 4. The van der Waals surface area contributed by atoms with E-state index in [0.29, 0.717) is 18.8 Å². The van der Waals surface area contributed by atoms with E-state index >= 15 is 0 Å². The fourth-order valence-electron chi connectivity index (χ4n) is 4.39. The molecule has 4 rings (SSSR count). The van der Waals surface area contributed by atoms with Crippen molar-refractivity contribution in [3.63, 3.8) is 0 Å². The first-order chi connectivity index (χ1) is 15.9. The van der Waals surface area contributed by atoms with E-state index in [-0.39, 0.29) is 25.0 Å². The van der Waals surface area contributed by atoms with Crippen LogP contribution in [0.1, 0.15) is 49.7 Å². The third kappa shape index (κ3) is 5.53.